The lowest BCUT2D eigenvalue weighted by molar-refractivity contribution is 0.603. The van der Waals surface area contributed by atoms with Crippen molar-refractivity contribution in [1.82, 2.24) is 14.8 Å². The highest BCUT2D eigenvalue weighted by atomic mass is 32.1. The lowest BCUT2D eigenvalue weighted by atomic mass is 10.2. The monoisotopic (exact) mass is 222 g/mol. The predicted molar refractivity (Wildman–Crippen MR) is 60.8 cm³/mol. The largest absolute Gasteiger partial charge is 0.318 e. The van der Waals surface area contributed by atoms with E-state index in [2.05, 4.69) is 17.0 Å². The molecule has 0 saturated heterocycles. The van der Waals surface area contributed by atoms with E-state index in [4.69, 9.17) is 5.73 Å². The van der Waals surface area contributed by atoms with Crippen LogP contribution in [0.2, 0.25) is 0 Å². The second-order valence-electron chi connectivity index (χ2n) is 3.33. The van der Waals surface area contributed by atoms with Crippen LogP contribution in [0.5, 0.6) is 0 Å². The molecule has 0 saturated carbocycles. The van der Waals surface area contributed by atoms with Gasteiger partial charge in [-0.05, 0) is 19.9 Å². The highest BCUT2D eigenvalue weighted by Gasteiger charge is 2.15. The third-order valence-electron chi connectivity index (χ3n) is 2.31. The number of aryl methyl sites for hydroxylation is 2. The van der Waals surface area contributed by atoms with Gasteiger partial charge in [0.1, 0.15) is 0 Å². The molecule has 15 heavy (non-hydrogen) atoms. The van der Waals surface area contributed by atoms with Crippen molar-refractivity contribution in [3.63, 3.8) is 0 Å². The third-order valence-corrected chi connectivity index (χ3v) is 3.31. The van der Waals surface area contributed by atoms with E-state index >= 15 is 0 Å². The second kappa shape index (κ2) is 4.12. The summed E-state index contributed by atoms with van der Waals surface area (Å²) >= 11 is 1.64. The summed E-state index contributed by atoms with van der Waals surface area (Å²) in [5.41, 5.74) is 7.20. The number of hydrogen-bond acceptors (Lipinski definition) is 4. The van der Waals surface area contributed by atoms with Crippen molar-refractivity contribution in [3.05, 3.63) is 34.0 Å². The molecule has 2 heterocycles. The molecule has 2 N–H and O–H groups in total. The van der Waals surface area contributed by atoms with E-state index in [1.807, 2.05) is 23.9 Å². The molecule has 0 aliphatic carbocycles. The smallest absolute Gasteiger partial charge is 0.0897 e. The van der Waals surface area contributed by atoms with Gasteiger partial charge in [0.2, 0.25) is 0 Å². The molecule has 80 valence electrons. The first-order valence-electron chi connectivity index (χ1n) is 4.92. The lowest BCUT2D eigenvalue weighted by Crippen LogP contribution is -2.16. The molecule has 0 fully saturated rings. The Bertz CT molecular complexity index is 446. The molecule has 0 amide bonds. The molecule has 2 aromatic rings. The third kappa shape index (κ3) is 1.93. The van der Waals surface area contributed by atoms with Crippen LogP contribution in [0.1, 0.15) is 28.5 Å². The second-order valence-corrected chi connectivity index (χ2v) is 4.60. The average Bonchev–Trinajstić information content (AvgIpc) is 2.84. The number of aromatic nitrogens is 3. The lowest BCUT2D eigenvalue weighted by Gasteiger charge is -2.10. The van der Waals surface area contributed by atoms with E-state index in [0.717, 1.165) is 22.1 Å². The number of hydrogen-bond donors (Lipinski definition) is 1. The van der Waals surface area contributed by atoms with Gasteiger partial charge in [-0.2, -0.15) is 5.10 Å². The van der Waals surface area contributed by atoms with Crippen molar-refractivity contribution in [2.45, 2.75) is 26.4 Å². The minimum Gasteiger partial charge on any atom is -0.318 e. The molecule has 0 spiro atoms. The van der Waals surface area contributed by atoms with Crippen LogP contribution in [0.4, 0.5) is 0 Å². The quantitative estimate of drug-likeness (QED) is 0.860. The van der Waals surface area contributed by atoms with Crippen LogP contribution in [-0.4, -0.2) is 14.8 Å². The van der Waals surface area contributed by atoms with E-state index in [1.54, 1.807) is 17.5 Å². The number of rotatable bonds is 3. The van der Waals surface area contributed by atoms with Gasteiger partial charge < -0.3 is 5.73 Å². The van der Waals surface area contributed by atoms with Crippen molar-refractivity contribution in [2.75, 3.05) is 0 Å². The van der Waals surface area contributed by atoms with Gasteiger partial charge in [0, 0.05) is 23.8 Å². The Balaban J connectivity index is 2.31. The highest BCUT2D eigenvalue weighted by Crippen LogP contribution is 2.24. The van der Waals surface area contributed by atoms with Crippen molar-refractivity contribution in [1.29, 1.82) is 0 Å². The van der Waals surface area contributed by atoms with E-state index in [9.17, 15) is 0 Å². The molecule has 5 heteroatoms. The van der Waals surface area contributed by atoms with Crippen LogP contribution in [0.3, 0.4) is 0 Å². The number of nitrogens with zero attached hydrogens (tertiary/aromatic N) is 3. The maximum absolute atomic E-state index is 6.16. The Kier molecular flexibility index (Phi) is 2.83. The molecule has 1 atom stereocenters. The fourth-order valence-corrected chi connectivity index (χ4v) is 2.34. The first-order chi connectivity index (χ1) is 7.22. The van der Waals surface area contributed by atoms with Crippen molar-refractivity contribution >= 4 is 11.3 Å². The summed E-state index contributed by atoms with van der Waals surface area (Å²) in [6.07, 6.45) is 3.63. The minimum absolute atomic E-state index is 0.112. The topological polar surface area (TPSA) is 56.7 Å². The van der Waals surface area contributed by atoms with Gasteiger partial charge in [0.15, 0.2) is 0 Å². The molecular weight excluding hydrogens is 208 g/mol. The zero-order valence-electron chi connectivity index (χ0n) is 8.84. The standard InChI is InChI=1S/C10H14N4S/c1-3-14-8(4-5-13-14)10(11)9-6-12-7(2)15-9/h4-6,10H,3,11H2,1-2H3. The molecule has 0 aliphatic heterocycles. The normalized spacial score (nSPS) is 13.0. The molecule has 0 radical (unpaired) electrons. The van der Waals surface area contributed by atoms with Crippen molar-refractivity contribution in [3.8, 4) is 0 Å². The van der Waals surface area contributed by atoms with Crippen LogP contribution in [-0.2, 0) is 6.54 Å². The van der Waals surface area contributed by atoms with Gasteiger partial charge in [-0.1, -0.05) is 0 Å². The molecule has 1 unspecified atom stereocenters. The molecular formula is C10H14N4S. The average molecular weight is 222 g/mol. The van der Waals surface area contributed by atoms with Crippen LogP contribution >= 0.6 is 11.3 Å². The van der Waals surface area contributed by atoms with Gasteiger partial charge in [0.25, 0.3) is 0 Å². The Labute approximate surface area is 92.8 Å². The maximum atomic E-state index is 6.16. The molecule has 2 aromatic heterocycles. The highest BCUT2D eigenvalue weighted by molar-refractivity contribution is 7.11. The molecule has 0 bridgehead atoms. The summed E-state index contributed by atoms with van der Waals surface area (Å²) in [7, 11) is 0. The van der Waals surface area contributed by atoms with Crippen LogP contribution < -0.4 is 5.73 Å². The number of thiazole rings is 1. The fourth-order valence-electron chi connectivity index (χ4n) is 1.54. The minimum atomic E-state index is -0.112. The van der Waals surface area contributed by atoms with Crippen LogP contribution in [0.25, 0.3) is 0 Å². The Morgan fingerprint density at radius 2 is 2.40 bits per heavy atom. The fraction of sp³-hybridized carbons (Fsp3) is 0.400. The molecule has 4 nitrogen and oxygen atoms in total. The van der Waals surface area contributed by atoms with Gasteiger partial charge in [-0.15, -0.1) is 11.3 Å². The summed E-state index contributed by atoms with van der Waals surface area (Å²) in [5, 5.41) is 5.25. The molecule has 0 aliphatic rings. The van der Waals surface area contributed by atoms with Gasteiger partial charge in [0.05, 0.1) is 16.7 Å². The Hall–Kier alpha value is -1.20. The van der Waals surface area contributed by atoms with Gasteiger partial charge in [-0.3, -0.25) is 4.68 Å². The van der Waals surface area contributed by atoms with E-state index in [1.165, 1.54) is 0 Å². The van der Waals surface area contributed by atoms with Crippen LogP contribution in [0.15, 0.2) is 18.5 Å². The number of nitrogens with two attached hydrogens (primary N) is 1. The first kappa shape index (κ1) is 10.3. The summed E-state index contributed by atoms with van der Waals surface area (Å²) in [6.45, 7) is 4.88. The zero-order valence-corrected chi connectivity index (χ0v) is 9.66. The summed E-state index contributed by atoms with van der Waals surface area (Å²) in [4.78, 5) is 5.30. The summed E-state index contributed by atoms with van der Waals surface area (Å²) < 4.78 is 1.92. The van der Waals surface area contributed by atoms with E-state index in [0.29, 0.717) is 0 Å². The van der Waals surface area contributed by atoms with E-state index < -0.39 is 0 Å². The molecule has 2 rings (SSSR count). The van der Waals surface area contributed by atoms with Gasteiger partial charge in [-0.25, -0.2) is 4.98 Å². The SMILES string of the molecule is CCn1nccc1C(N)c1cnc(C)s1. The van der Waals surface area contributed by atoms with E-state index in [-0.39, 0.29) is 6.04 Å². The predicted octanol–water partition coefficient (Wildman–Crippen LogP) is 1.72. The molecule has 0 aromatic carbocycles. The van der Waals surface area contributed by atoms with Crippen molar-refractivity contribution in [2.24, 2.45) is 5.73 Å². The maximum Gasteiger partial charge on any atom is 0.0897 e. The van der Waals surface area contributed by atoms with Gasteiger partial charge >= 0.3 is 0 Å². The first-order valence-corrected chi connectivity index (χ1v) is 5.73. The Morgan fingerprint density at radius 3 is 3.00 bits per heavy atom. The summed E-state index contributed by atoms with van der Waals surface area (Å²) in [5.74, 6) is 0. The van der Waals surface area contributed by atoms with Crippen molar-refractivity contribution < 1.29 is 0 Å². The van der Waals surface area contributed by atoms with Crippen LogP contribution in [0, 0.1) is 6.92 Å². The Morgan fingerprint density at radius 1 is 1.60 bits per heavy atom. The zero-order chi connectivity index (χ0) is 10.8. The summed E-state index contributed by atoms with van der Waals surface area (Å²) in [6, 6.07) is 1.85.